The minimum Gasteiger partial charge on any atom is -0.380 e. The van der Waals surface area contributed by atoms with E-state index in [4.69, 9.17) is 4.74 Å². The summed E-state index contributed by atoms with van der Waals surface area (Å²) in [5.41, 5.74) is 3.61. The first-order valence-electron chi connectivity index (χ1n) is 12.9. The van der Waals surface area contributed by atoms with Gasteiger partial charge in [0.15, 0.2) is 5.82 Å². The second kappa shape index (κ2) is 11.5. The van der Waals surface area contributed by atoms with Gasteiger partial charge in [0.05, 0.1) is 12.8 Å². The normalized spacial score (nSPS) is 16.4. The number of anilines is 5. The van der Waals surface area contributed by atoms with Crippen molar-refractivity contribution < 1.29 is 9.53 Å². The number of nitriles is 1. The zero-order valence-corrected chi connectivity index (χ0v) is 21.8. The largest absolute Gasteiger partial charge is 0.380 e. The number of carbonyl (C=O) groups is 1. The van der Waals surface area contributed by atoms with Crippen LogP contribution >= 0.6 is 0 Å². The molecule has 5 rings (SSSR count). The summed E-state index contributed by atoms with van der Waals surface area (Å²) in [6.07, 6.45) is 5.10. The van der Waals surface area contributed by atoms with Crippen molar-refractivity contribution in [1.82, 2.24) is 19.9 Å². The molecule has 0 unspecified atom stereocenters. The summed E-state index contributed by atoms with van der Waals surface area (Å²) >= 11 is 0. The van der Waals surface area contributed by atoms with Gasteiger partial charge in [0.1, 0.15) is 23.3 Å². The average molecular weight is 513 g/mol. The second-order valence-corrected chi connectivity index (χ2v) is 9.77. The van der Waals surface area contributed by atoms with Crippen LogP contribution in [0.15, 0.2) is 42.6 Å². The Morgan fingerprint density at radius 1 is 1.13 bits per heavy atom. The van der Waals surface area contributed by atoms with Gasteiger partial charge >= 0.3 is 0 Å². The predicted octanol–water partition coefficient (Wildman–Crippen LogP) is 4.31. The van der Waals surface area contributed by atoms with E-state index in [0.717, 1.165) is 43.6 Å². The first-order valence-corrected chi connectivity index (χ1v) is 12.9. The molecular weight excluding hydrogens is 480 g/mol. The summed E-state index contributed by atoms with van der Waals surface area (Å²) in [7, 11) is 3.88. The van der Waals surface area contributed by atoms with Crippen LogP contribution in [0.4, 0.5) is 29.1 Å². The molecule has 2 aliphatic rings. The first kappa shape index (κ1) is 25.6. The number of piperidine rings is 1. The van der Waals surface area contributed by atoms with Gasteiger partial charge in [-0.3, -0.25) is 9.69 Å². The molecule has 38 heavy (non-hydrogen) atoms. The predicted molar refractivity (Wildman–Crippen MR) is 146 cm³/mol. The van der Waals surface area contributed by atoms with Gasteiger partial charge in [-0.05, 0) is 80.7 Å². The summed E-state index contributed by atoms with van der Waals surface area (Å²) in [6, 6.07) is 13.8. The van der Waals surface area contributed by atoms with Gasteiger partial charge in [-0.25, -0.2) is 9.97 Å². The van der Waals surface area contributed by atoms with Gasteiger partial charge in [0.25, 0.3) is 0 Å². The third-order valence-corrected chi connectivity index (χ3v) is 7.10. The maximum absolute atomic E-state index is 12.1. The topological polar surface area (TPSA) is 119 Å². The number of amides is 1. The van der Waals surface area contributed by atoms with E-state index in [9.17, 15) is 10.1 Å². The molecule has 3 aromatic rings. The lowest BCUT2D eigenvalue weighted by Gasteiger charge is -2.30. The van der Waals surface area contributed by atoms with Crippen molar-refractivity contribution in [3.8, 4) is 6.07 Å². The summed E-state index contributed by atoms with van der Waals surface area (Å²) in [5, 5.41) is 16.0. The Labute approximate surface area is 222 Å². The van der Waals surface area contributed by atoms with Crippen LogP contribution in [-0.4, -0.2) is 59.6 Å². The Bertz CT molecular complexity index is 1350. The highest BCUT2D eigenvalue weighted by Crippen LogP contribution is 2.32. The summed E-state index contributed by atoms with van der Waals surface area (Å²) in [5.74, 6) is 2.35. The molecule has 1 aromatic carbocycles. The number of hydrogen-bond donors (Lipinski definition) is 2. The quantitative estimate of drug-likeness (QED) is 0.455. The van der Waals surface area contributed by atoms with Crippen LogP contribution in [-0.2, 0) is 16.1 Å². The van der Waals surface area contributed by atoms with E-state index >= 15 is 0 Å². The van der Waals surface area contributed by atoms with E-state index < -0.39 is 0 Å². The van der Waals surface area contributed by atoms with Crippen LogP contribution < -0.4 is 15.5 Å². The molecular formula is C28H32N8O2. The van der Waals surface area contributed by atoms with E-state index in [1.54, 1.807) is 24.1 Å². The Morgan fingerprint density at radius 2 is 1.97 bits per heavy atom. The number of ether oxygens (including phenoxy) is 1. The third kappa shape index (κ3) is 5.74. The third-order valence-electron chi connectivity index (χ3n) is 7.10. The molecule has 196 valence electrons. The monoisotopic (exact) mass is 512 g/mol. The van der Waals surface area contributed by atoms with Crippen LogP contribution in [0.25, 0.3) is 0 Å². The smallest absolute Gasteiger partial charge is 0.229 e. The molecule has 2 aromatic heterocycles. The molecule has 0 atom stereocenters. The fraction of sp³-hybridized carbons (Fsp3) is 0.393. The highest BCUT2D eigenvalue weighted by molar-refractivity contribution is 5.94. The number of nitrogens with one attached hydrogen (secondary N) is 2. The van der Waals surface area contributed by atoms with E-state index in [-0.39, 0.29) is 11.5 Å². The van der Waals surface area contributed by atoms with Crippen LogP contribution in [0.5, 0.6) is 0 Å². The van der Waals surface area contributed by atoms with E-state index in [2.05, 4.69) is 55.7 Å². The lowest BCUT2D eigenvalue weighted by molar-refractivity contribution is -0.117. The number of likely N-dealkylation sites (tertiary alicyclic amines) is 1. The van der Waals surface area contributed by atoms with Crippen molar-refractivity contribution >= 4 is 35.0 Å². The maximum Gasteiger partial charge on any atom is 0.229 e. The number of aromatic nitrogens is 3. The molecule has 10 nitrogen and oxygen atoms in total. The van der Waals surface area contributed by atoms with Gasteiger partial charge in [0.2, 0.25) is 11.9 Å². The summed E-state index contributed by atoms with van der Waals surface area (Å²) < 4.78 is 5.51. The van der Waals surface area contributed by atoms with Gasteiger partial charge in [-0.2, -0.15) is 10.2 Å². The Hall–Kier alpha value is -4.07. The van der Waals surface area contributed by atoms with Crippen LogP contribution in [0.1, 0.15) is 48.3 Å². The fourth-order valence-electron chi connectivity index (χ4n) is 5.09. The van der Waals surface area contributed by atoms with E-state index in [1.165, 1.54) is 11.8 Å². The average Bonchev–Trinajstić information content (AvgIpc) is 3.36. The van der Waals surface area contributed by atoms with Crippen molar-refractivity contribution in [1.29, 1.82) is 5.26 Å². The number of hydrogen-bond acceptors (Lipinski definition) is 9. The van der Waals surface area contributed by atoms with Gasteiger partial charge in [0, 0.05) is 25.8 Å². The molecule has 4 heterocycles. The Balaban J connectivity index is 1.36. The van der Waals surface area contributed by atoms with Gasteiger partial charge < -0.3 is 20.3 Å². The molecule has 0 aliphatic carbocycles. The maximum atomic E-state index is 12.1. The lowest BCUT2D eigenvalue weighted by atomic mass is 9.86. The molecule has 2 aliphatic heterocycles. The van der Waals surface area contributed by atoms with Crippen LogP contribution in [0.2, 0.25) is 0 Å². The van der Waals surface area contributed by atoms with E-state index in [1.807, 2.05) is 12.1 Å². The highest BCUT2D eigenvalue weighted by Gasteiger charge is 2.23. The minimum atomic E-state index is 0.0653. The molecule has 2 fully saturated rings. The minimum absolute atomic E-state index is 0.0653. The Kier molecular flexibility index (Phi) is 7.77. The molecule has 0 spiro atoms. The number of nitrogens with zero attached hydrogens (tertiary/aromatic N) is 6. The molecule has 2 N–H and O–H groups in total. The van der Waals surface area contributed by atoms with Crippen LogP contribution in [0, 0.1) is 11.3 Å². The number of rotatable bonds is 8. The standard InChI is InChI=1S/C28H32N8O2/c1-35-13-10-19(11-14-35)23-9-8-22(15-20(23)18-38-2)31-28-30-17-21(16-29)27(34-28)33-24-5-3-6-25(32-24)36-12-4-7-26(36)37/h3,5-6,8-9,15,17,19H,4,7,10-14,18H2,1-2H3,(H2,30,31,32,33,34). The van der Waals surface area contributed by atoms with Crippen LogP contribution in [0.3, 0.4) is 0 Å². The molecule has 0 saturated carbocycles. The fourth-order valence-corrected chi connectivity index (χ4v) is 5.09. The van der Waals surface area contributed by atoms with Gasteiger partial charge in [-0.1, -0.05) is 12.1 Å². The van der Waals surface area contributed by atoms with Crippen molar-refractivity contribution in [2.45, 2.75) is 38.2 Å². The van der Waals surface area contributed by atoms with Gasteiger partial charge in [-0.15, -0.1) is 0 Å². The molecule has 0 radical (unpaired) electrons. The number of pyridine rings is 1. The lowest BCUT2D eigenvalue weighted by Crippen LogP contribution is -2.29. The summed E-state index contributed by atoms with van der Waals surface area (Å²) in [6.45, 7) is 3.37. The van der Waals surface area contributed by atoms with Crippen molar-refractivity contribution in [3.63, 3.8) is 0 Å². The van der Waals surface area contributed by atoms with E-state index in [0.29, 0.717) is 48.9 Å². The molecule has 2 saturated heterocycles. The highest BCUT2D eigenvalue weighted by atomic mass is 16.5. The number of carbonyl (C=O) groups excluding carboxylic acids is 1. The SMILES string of the molecule is COCc1cc(Nc2ncc(C#N)c(Nc3cccc(N4CCCC4=O)n3)n2)ccc1C1CCN(C)CC1. The molecule has 1 amide bonds. The zero-order valence-electron chi connectivity index (χ0n) is 21.8. The Morgan fingerprint density at radius 3 is 2.71 bits per heavy atom. The van der Waals surface area contributed by atoms with Crippen molar-refractivity contribution in [2.75, 3.05) is 49.3 Å². The zero-order chi connectivity index (χ0) is 26.5. The second-order valence-electron chi connectivity index (χ2n) is 9.77. The number of methoxy groups -OCH3 is 1. The molecule has 0 bridgehead atoms. The summed E-state index contributed by atoms with van der Waals surface area (Å²) in [4.78, 5) is 29.6. The first-order chi connectivity index (χ1) is 18.5. The van der Waals surface area contributed by atoms with Crippen molar-refractivity contribution in [3.05, 3.63) is 59.3 Å². The number of benzene rings is 1. The molecule has 10 heteroatoms. The van der Waals surface area contributed by atoms with Crippen molar-refractivity contribution in [2.24, 2.45) is 0 Å².